The van der Waals surface area contributed by atoms with Crippen LogP contribution in [-0.4, -0.2) is 32.1 Å². The molecular weight excluding hydrogens is 286 g/mol. The largest absolute Gasteiger partial charge is 0.493 e. The molecule has 1 saturated heterocycles. The molecule has 2 aliphatic heterocycles. The summed E-state index contributed by atoms with van der Waals surface area (Å²) in [4.78, 5) is 0. The summed E-state index contributed by atoms with van der Waals surface area (Å²) in [5, 5.41) is 3.61. The SMILES string of the molecule is Cc1cccc2c1OCCCC2NC1(C)CCS(=O)(=O)C1. The Kier molecular flexibility index (Phi) is 3.74. The molecular formula is C16H23NO3S. The van der Waals surface area contributed by atoms with Crippen LogP contribution in [0.25, 0.3) is 0 Å². The average Bonchev–Trinajstić information content (AvgIpc) is 2.58. The van der Waals surface area contributed by atoms with Crippen molar-refractivity contribution in [3.63, 3.8) is 0 Å². The van der Waals surface area contributed by atoms with Crippen molar-refractivity contribution in [1.29, 1.82) is 0 Å². The van der Waals surface area contributed by atoms with Gasteiger partial charge in [0, 0.05) is 17.1 Å². The number of aryl methyl sites for hydroxylation is 1. The highest BCUT2D eigenvalue weighted by Crippen LogP contribution is 2.36. The number of rotatable bonds is 2. The first-order chi connectivity index (χ1) is 9.89. The number of hydrogen-bond acceptors (Lipinski definition) is 4. The molecule has 0 spiro atoms. The van der Waals surface area contributed by atoms with Crippen molar-refractivity contribution in [3.8, 4) is 5.75 Å². The molecule has 1 N–H and O–H groups in total. The molecule has 2 heterocycles. The fourth-order valence-electron chi connectivity index (χ4n) is 3.46. The second-order valence-electron chi connectivity index (χ2n) is 6.58. The average molecular weight is 309 g/mol. The Labute approximate surface area is 126 Å². The normalized spacial score (nSPS) is 31.2. The molecule has 0 radical (unpaired) electrons. The molecule has 0 bridgehead atoms. The number of benzene rings is 1. The molecule has 21 heavy (non-hydrogen) atoms. The fraction of sp³-hybridized carbons (Fsp3) is 0.625. The van der Waals surface area contributed by atoms with Gasteiger partial charge in [0.2, 0.25) is 0 Å². The molecule has 1 fully saturated rings. The predicted octanol–water partition coefficient (Wildman–Crippen LogP) is 2.38. The van der Waals surface area contributed by atoms with Crippen LogP contribution in [0.1, 0.15) is 43.4 Å². The summed E-state index contributed by atoms with van der Waals surface area (Å²) in [6.45, 7) is 4.81. The zero-order valence-corrected chi connectivity index (χ0v) is 13.5. The summed E-state index contributed by atoms with van der Waals surface area (Å²) in [6.07, 6.45) is 2.65. The van der Waals surface area contributed by atoms with Gasteiger partial charge in [0.15, 0.2) is 9.84 Å². The van der Waals surface area contributed by atoms with Gasteiger partial charge in [-0.3, -0.25) is 0 Å². The fourth-order valence-corrected chi connectivity index (χ4v) is 5.56. The molecule has 1 aromatic carbocycles. The van der Waals surface area contributed by atoms with E-state index in [2.05, 4.69) is 24.4 Å². The Morgan fingerprint density at radius 1 is 1.38 bits per heavy atom. The zero-order chi connectivity index (χ0) is 15.1. The summed E-state index contributed by atoms with van der Waals surface area (Å²) >= 11 is 0. The van der Waals surface area contributed by atoms with Gasteiger partial charge in [0.1, 0.15) is 5.75 Å². The molecule has 0 aliphatic carbocycles. The third kappa shape index (κ3) is 3.09. The van der Waals surface area contributed by atoms with Gasteiger partial charge in [-0.25, -0.2) is 8.42 Å². The van der Waals surface area contributed by atoms with Gasteiger partial charge >= 0.3 is 0 Å². The Balaban J connectivity index is 1.88. The van der Waals surface area contributed by atoms with Crippen LogP contribution in [-0.2, 0) is 9.84 Å². The summed E-state index contributed by atoms with van der Waals surface area (Å²) in [5.41, 5.74) is 1.98. The maximum Gasteiger partial charge on any atom is 0.152 e. The third-order valence-corrected chi connectivity index (χ3v) is 6.43. The van der Waals surface area contributed by atoms with E-state index in [1.165, 1.54) is 0 Å². The molecule has 116 valence electrons. The molecule has 2 atom stereocenters. The van der Waals surface area contributed by atoms with Gasteiger partial charge in [0.25, 0.3) is 0 Å². The van der Waals surface area contributed by atoms with Gasteiger partial charge < -0.3 is 10.1 Å². The van der Waals surface area contributed by atoms with Crippen molar-refractivity contribution in [2.24, 2.45) is 0 Å². The lowest BCUT2D eigenvalue weighted by molar-refractivity contribution is 0.306. The molecule has 2 aliphatic rings. The minimum absolute atomic E-state index is 0.167. The zero-order valence-electron chi connectivity index (χ0n) is 12.7. The lowest BCUT2D eigenvalue weighted by atomic mass is 9.94. The Bertz CT molecular complexity index is 641. The van der Waals surface area contributed by atoms with E-state index in [1.807, 2.05) is 13.0 Å². The highest BCUT2D eigenvalue weighted by Gasteiger charge is 2.40. The number of ether oxygens (including phenoxy) is 1. The first-order valence-corrected chi connectivity index (χ1v) is 9.41. The maximum atomic E-state index is 11.8. The van der Waals surface area contributed by atoms with E-state index < -0.39 is 9.84 Å². The molecule has 1 aromatic rings. The minimum Gasteiger partial charge on any atom is -0.493 e. The van der Waals surface area contributed by atoms with Gasteiger partial charge in [-0.15, -0.1) is 0 Å². The second kappa shape index (κ2) is 5.29. The van der Waals surface area contributed by atoms with Crippen LogP contribution < -0.4 is 10.1 Å². The van der Waals surface area contributed by atoms with Crippen molar-refractivity contribution in [2.75, 3.05) is 18.1 Å². The van der Waals surface area contributed by atoms with Crippen molar-refractivity contribution < 1.29 is 13.2 Å². The lowest BCUT2D eigenvalue weighted by Crippen LogP contribution is -2.45. The van der Waals surface area contributed by atoms with Crippen molar-refractivity contribution in [2.45, 2.75) is 44.7 Å². The maximum absolute atomic E-state index is 11.8. The topological polar surface area (TPSA) is 55.4 Å². The van der Waals surface area contributed by atoms with Gasteiger partial charge in [0.05, 0.1) is 18.1 Å². The van der Waals surface area contributed by atoms with Crippen LogP contribution >= 0.6 is 0 Å². The summed E-state index contributed by atoms with van der Waals surface area (Å²) in [6, 6.07) is 6.37. The number of para-hydroxylation sites is 1. The first kappa shape index (κ1) is 14.9. The van der Waals surface area contributed by atoms with Crippen LogP contribution in [0.4, 0.5) is 0 Å². The standard InChI is InChI=1S/C16H23NO3S/c1-12-5-3-6-13-14(7-4-9-20-15(12)13)17-16(2)8-10-21(18,19)11-16/h3,5-6,14,17H,4,7-11H2,1-2H3. The van der Waals surface area contributed by atoms with E-state index >= 15 is 0 Å². The minimum atomic E-state index is -2.89. The van der Waals surface area contributed by atoms with Crippen molar-refractivity contribution in [3.05, 3.63) is 29.3 Å². The molecule has 5 heteroatoms. The van der Waals surface area contributed by atoms with Crippen LogP contribution in [0.5, 0.6) is 5.75 Å². The summed E-state index contributed by atoms with van der Waals surface area (Å²) in [7, 11) is -2.89. The number of fused-ring (bicyclic) bond motifs is 1. The molecule has 4 nitrogen and oxygen atoms in total. The highest BCUT2D eigenvalue weighted by molar-refractivity contribution is 7.91. The summed E-state index contributed by atoms with van der Waals surface area (Å²) < 4.78 is 29.5. The van der Waals surface area contributed by atoms with Crippen LogP contribution in [0.2, 0.25) is 0 Å². The van der Waals surface area contributed by atoms with E-state index in [9.17, 15) is 8.42 Å². The van der Waals surface area contributed by atoms with E-state index in [0.29, 0.717) is 12.2 Å². The first-order valence-electron chi connectivity index (χ1n) is 7.59. The third-order valence-electron chi connectivity index (χ3n) is 4.53. The quantitative estimate of drug-likeness (QED) is 0.911. The monoisotopic (exact) mass is 309 g/mol. The molecule has 2 unspecified atom stereocenters. The van der Waals surface area contributed by atoms with Crippen molar-refractivity contribution >= 4 is 9.84 Å². The number of nitrogens with one attached hydrogen (secondary N) is 1. The highest BCUT2D eigenvalue weighted by atomic mass is 32.2. The molecule has 0 saturated carbocycles. The molecule has 0 aromatic heterocycles. The smallest absolute Gasteiger partial charge is 0.152 e. The van der Waals surface area contributed by atoms with Crippen LogP contribution in [0, 0.1) is 6.92 Å². The van der Waals surface area contributed by atoms with Gasteiger partial charge in [-0.05, 0) is 38.7 Å². The second-order valence-corrected chi connectivity index (χ2v) is 8.77. The van der Waals surface area contributed by atoms with E-state index in [0.717, 1.165) is 36.3 Å². The van der Waals surface area contributed by atoms with Gasteiger partial charge in [-0.2, -0.15) is 0 Å². The van der Waals surface area contributed by atoms with Gasteiger partial charge in [-0.1, -0.05) is 18.2 Å². The number of hydrogen-bond donors (Lipinski definition) is 1. The molecule has 0 amide bonds. The van der Waals surface area contributed by atoms with Crippen LogP contribution in [0.3, 0.4) is 0 Å². The summed E-state index contributed by atoms with van der Waals surface area (Å²) in [5.74, 6) is 1.50. The molecule has 3 rings (SSSR count). The van der Waals surface area contributed by atoms with E-state index in [4.69, 9.17) is 4.74 Å². The van der Waals surface area contributed by atoms with E-state index in [1.54, 1.807) is 0 Å². The van der Waals surface area contributed by atoms with Crippen LogP contribution in [0.15, 0.2) is 18.2 Å². The predicted molar refractivity (Wildman–Crippen MR) is 83.5 cm³/mol. The Morgan fingerprint density at radius 3 is 2.90 bits per heavy atom. The Hall–Kier alpha value is -1.07. The lowest BCUT2D eigenvalue weighted by Gasteiger charge is -2.31. The van der Waals surface area contributed by atoms with Crippen molar-refractivity contribution in [1.82, 2.24) is 5.32 Å². The Morgan fingerprint density at radius 2 is 2.19 bits per heavy atom. The van der Waals surface area contributed by atoms with E-state index in [-0.39, 0.29) is 17.3 Å². The number of sulfone groups is 1.